The average molecular weight is 233 g/mol. The van der Waals surface area contributed by atoms with Gasteiger partial charge in [-0.3, -0.25) is 0 Å². The lowest BCUT2D eigenvalue weighted by atomic mass is 10.0. The minimum absolute atomic E-state index is 0.288. The predicted molar refractivity (Wildman–Crippen MR) is 72.7 cm³/mol. The summed E-state index contributed by atoms with van der Waals surface area (Å²) in [5.74, 6) is 3.83. The number of hydrogen-bond acceptors (Lipinski definition) is 2. The number of terminal acetylenes is 1. The molecular formula is C14H19NS. The highest BCUT2D eigenvalue weighted by Crippen LogP contribution is 2.22. The van der Waals surface area contributed by atoms with Gasteiger partial charge in [0.1, 0.15) is 0 Å². The molecule has 0 amide bonds. The van der Waals surface area contributed by atoms with Crippen molar-refractivity contribution in [2.45, 2.75) is 31.2 Å². The second-order valence-electron chi connectivity index (χ2n) is 3.52. The first kappa shape index (κ1) is 13.2. The van der Waals surface area contributed by atoms with E-state index in [1.165, 1.54) is 10.5 Å². The summed E-state index contributed by atoms with van der Waals surface area (Å²) in [6.45, 7) is 5.21. The summed E-state index contributed by atoms with van der Waals surface area (Å²) < 4.78 is 0. The van der Waals surface area contributed by atoms with Crippen LogP contribution in [0.3, 0.4) is 0 Å². The van der Waals surface area contributed by atoms with Crippen LogP contribution in [0, 0.1) is 12.3 Å². The van der Waals surface area contributed by atoms with Crippen LogP contribution in [0.5, 0.6) is 0 Å². The summed E-state index contributed by atoms with van der Waals surface area (Å²) in [6, 6.07) is 8.97. The fourth-order valence-electron chi connectivity index (χ4n) is 1.64. The van der Waals surface area contributed by atoms with Crippen LogP contribution in [0.25, 0.3) is 0 Å². The van der Waals surface area contributed by atoms with E-state index in [0.29, 0.717) is 0 Å². The normalized spacial score (nSPS) is 12.1. The maximum absolute atomic E-state index is 5.38. The van der Waals surface area contributed by atoms with E-state index in [2.05, 4.69) is 49.4 Å². The Labute approximate surface area is 103 Å². The highest BCUT2D eigenvalue weighted by molar-refractivity contribution is 7.99. The summed E-state index contributed by atoms with van der Waals surface area (Å²) in [4.78, 5) is 1.32. The topological polar surface area (TPSA) is 12.0 Å². The van der Waals surface area contributed by atoms with Crippen molar-refractivity contribution in [3.63, 3.8) is 0 Å². The lowest BCUT2D eigenvalue weighted by molar-refractivity contribution is 0.565. The zero-order valence-electron chi connectivity index (χ0n) is 9.99. The molecule has 0 aromatic heterocycles. The number of hydrogen-bond donors (Lipinski definition) is 1. The minimum atomic E-state index is 0.288. The molecule has 16 heavy (non-hydrogen) atoms. The Hall–Kier alpha value is -0.910. The van der Waals surface area contributed by atoms with Crippen LogP contribution >= 0.6 is 11.8 Å². The first-order chi connectivity index (χ1) is 7.81. The van der Waals surface area contributed by atoms with Crippen LogP contribution in [0.4, 0.5) is 0 Å². The largest absolute Gasteiger partial charge is 0.309 e. The molecular weight excluding hydrogens is 214 g/mol. The van der Waals surface area contributed by atoms with Gasteiger partial charge in [-0.15, -0.1) is 24.1 Å². The van der Waals surface area contributed by atoms with E-state index in [1.54, 1.807) is 0 Å². The Morgan fingerprint density at radius 1 is 1.31 bits per heavy atom. The van der Waals surface area contributed by atoms with Crippen molar-refractivity contribution in [3.8, 4) is 12.3 Å². The Kier molecular flexibility index (Phi) is 6.07. The number of thioether (sulfide) groups is 1. The first-order valence-corrected chi connectivity index (χ1v) is 6.70. The lowest BCUT2D eigenvalue weighted by Crippen LogP contribution is -2.20. The zero-order valence-corrected chi connectivity index (χ0v) is 10.8. The molecule has 0 fully saturated rings. The smallest absolute Gasteiger partial charge is 0.0430 e. The Morgan fingerprint density at radius 3 is 2.50 bits per heavy atom. The van der Waals surface area contributed by atoms with E-state index in [1.807, 2.05) is 11.8 Å². The first-order valence-electron chi connectivity index (χ1n) is 5.71. The zero-order chi connectivity index (χ0) is 11.8. The van der Waals surface area contributed by atoms with Crippen LogP contribution in [-0.2, 0) is 0 Å². The van der Waals surface area contributed by atoms with Crippen LogP contribution in [0.15, 0.2) is 29.2 Å². The summed E-state index contributed by atoms with van der Waals surface area (Å²) in [5, 5.41) is 3.40. The van der Waals surface area contributed by atoms with Crippen molar-refractivity contribution in [2.75, 3.05) is 12.3 Å². The van der Waals surface area contributed by atoms with Crippen LogP contribution < -0.4 is 5.32 Å². The van der Waals surface area contributed by atoms with Gasteiger partial charge in [-0.05, 0) is 30.0 Å². The van der Waals surface area contributed by atoms with E-state index in [0.717, 1.165) is 18.7 Å². The van der Waals surface area contributed by atoms with E-state index in [9.17, 15) is 0 Å². The van der Waals surface area contributed by atoms with Crippen molar-refractivity contribution in [2.24, 2.45) is 0 Å². The van der Waals surface area contributed by atoms with Crippen molar-refractivity contribution < 1.29 is 0 Å². The molecule has 0 radical (unpaired) electrons. The third-order valence-corrected chi connectivity index (χ3v) is 3.26. The molecule has 2 heteroatoms. The molecule has 1 unspecified atom stereocenters. The standard InChI is InChI=1S/C14H19NS/c1-4-7-14(15-5-2)12-8-10-13(11-9-12)16-6-3/h1,8-11,14-15H,5-7H2,2-3H3. The van der Waals surface area contributed by atoms with Gasteiger partial charge in [0.15, 0.2) is 0 Å². The predicted octanol–water partition coefficient (Wildman–Crippen LogP) is 3.47. The molecule has 0 aliphatic rings. The SMILES string of the molecule is C#CCC(NCC)c1ccc(SCC)cc1. The highest BCUT2D eigenvalue weighted by Gasteiger charge is 2.08. The summed E-state index contributed by atoms with van der Waals surface area (Å²) in [7, 11) is 0. The summed E-state index contributed by atoms with van der Waals surface area (Å²) in [6.07, 6.45) is 6.12. The van der Waals surface area contributed by atoms with E-state index in [-0.39, 0.29) is 6.04 Å². The molecule has 1 aromatic rings. The van der Waals surface area contributed by atoms with Gasteiger partial charge in [0, 0.05) is 17.4 Å². The molecule has 0 spiro atoms. The van der Waals surface area contributed by atoms with Gasteiger partial charge in [-0.1, -0.05) is 26.0 Å². The molecule has 0 saturated carbocycles. The molecule has 1 rings (SSSR count). The van der Waals surface area contributed by atoms with Crippen LogP contribution in [-0.4, -0.2) is 12.3 Å². The maximum Gasteiger partial charge on any atom is 0.0430 e. The fourth-order valence-corrected chi connectivity index (χ4v) is 2.30. The molecule has 1 aromatic carbocycles. The number of rotatable bonds is 6. The van der Waals surface area contributed by atoms with Gasteiger partial charge in [0.05, 0.1) is 0 Å². The van der Waals surface area contributed by atoms with Crippen molar-refractivity contribution in [1.29, 1.82) is 0 Å². The third-order valence-electron chi connectivity index (χ3n) is 2.37. The van der Waals surface area contributed by atoms with Gasteiger partial charge in [-0.25, -0.2) is 0 Å². The van der Waals surface area contributed by atoms with Crippen LogP contribution in [0.1, 0.15) is 31.9 Å². The highest BCUT2D eigenvalue weighted by atomic mass is 32.2. The number of nitrogens with one attached hydrogen (secondary N) is 1. The second-order valence-corrected chi connectivity index (χ2v) is 4.86. The van der Waals surface area contributed by atoms with Crippen molar-refractivity contribution >= 4 is 11.8 Å². The van der Waals surface area contributed by atoms with Crippen molar-refractivity contribution in [3.05, 3.63) is 29.8 Å². The molecule has 0 heterocycles. The fraction of sp³-hybridized carbons (Fsp3) is 0.429. The lowest BCUT2D eigenvalue weighted by Gasteiger charge is -2.15. The molecule has 0 bridgehead atoms. The summed E-state index contributed by atoms with van der Waals surface area (Å²) >= 11 is 1.86. The molecule has 1 N–H and O–H groups in total. The second kappa shape index (κ2) is 7.38. The summed E-state index contributed by atoms with van der Waals surface area (Å²) in [5.41, 5.74) is 1.28. The molecule has 0 aliphatic carbocycles. The van der Waals surface area contributed by atoms with Crippen LogP contribution in [0.2, 0.25) is 0 Å². The van der Waals surface area contributed by atoms with E-state index >= 15 is 0 Å². The minimum Gasteiger partial charge on any atom is -0.309 e. The van der Waals surface area contributed by atoms with Gasteiger partial charge < -0.3 is 5.32 Å². The average Bonchev–Trinajstić information content (AvgIpc) is 2.30. The maximum atomic E-state index is 5.38. The molecule has 0 saturated heterocycles. The van der Waals surface area contributed by atoms with Gasteiger partial charge in [0.25, 0.3) is 0 Å². The van der Waals surface area contributed by atoms with Gasteiger partial charge >= 0.3 is 0 Å². The van der Waals surface area contributed by atoms with E-state index < -0.39 is 0 Å². The number of benzene rings is 1. The molecule has 1 nitrogen and oxygen atoms in total. The third kappa shape index (κ3) is 3.92. The van der Waals surface area contributed by atoms with Gasteiger partial charge in [0.2, 0.25) is 0 Å². The molecule has 1 atom stereocenters. The van der Waals surface area contributed by atoms with Crippen molar-refractivity contribution in [1.82, 2.24) is 5.32 Å². The Morgan fingerprint density at radius 2 is 2.00 bits per heavy atom. The van der Waals surface area contributed by atoms with E-state index in [4.69, 9.17) is 6.42 Å². The molecule has 0 aliphatic heterocycles. The Bertz CT molecular complexity index is 337. The Balaban J connectivity index is 2.73. The molecule has 86 valence electrons. The monoisotopic (exact) mass is 233 g/mol. The quantitative estimate of drug-likeness (QED) is 0.596. The van der Waals surface area contributed by atoms with Gasteiger partial charge in [-0.2, -0.15) is 0 Å².